The van der Waals surface area contributed by atoms with Crippen molar-refractivity contribution in [1.82, 2.24) is 10.2 Å². The minimum atomic E-state index is -0.337. The molecule has 0 spiro atoms. The van der Waals surface area contributed by atoms with Crippen LogP contribution in [0.2, 0.25) is 5.02 Å². The molecule has 1 saturated heterocycles. The lowest BCUT2D eigenvalue weighted by Gasteiger charge is -2.32. The molecule has 1 aliphatic heterocycles. The summed E-state index contributed by atoms with van der Waals surface area (Å²) in [6, 6.07) is 7.68. The van der Waals surface area contributed by atoms with Crippen molar-refractivity contribution >= 4 is 17.5 Å². The maximum Gasteiger partial charge on any atom is 0.242 e. The number of rotatable bonds is 5. The number of halogens is 1. The van der Waals surface area contributed by atoms with E-state index >= 15 is 0 Å². The second-order valence-electron chi connectivity index (χ2n) is 5.65. The Balaban J connectivity index is 2.05. The van der Waals surface area contributed by atoms with Gasteiger partial charge in [-0.15, -0.1) is 0 Å². The molecular weight excluding hydrogens is 272 g/mol. The Morgan fingerprint density at radius 1 is 1.40 bits per heavy atom. The zero-order chi connectivity index (χ0) is 14.6. The molecule has 1 N–H and O–H groups in total. The minimum absolute atomic E-state index is 0.215. The molecule has 1 amide bonds. The van der Waals surface area contributed by atoms with E-state index in [0.717, 1.165) is 42.8 Å². The zero-order valence-corrected chi connectivity index (χ0v) is 13.0. The number of hydrogen-bond donors (Lipinski definition) is 1. The Bertz CT molecular complexity index is 452. The highest BCUT2D eigenvalue weighted by Gasteiger charge is 2.41. The lowest BCUT2D eigenvalue weighted by molar-refractivity contribution is -0.137. The predicted molar refractivity (Wildman–Crippen MR) is 82.8 cm³/mol. The van der Waals surface area contributed by atoms with Crippen LogP contribution >= 0.6 is 11.6 Å². The normalized spacial score (nSPS) is 21.9. The summed E-state index contributed by atoms with van der Waals surface area (Å²) in [6.07, 6.45) is 3.97. The second-order valence-corrected chi connectivity index (χ2v) is 6.09. The average Bonchev–Trinajstić information content (AvgIpc) is 2.90. The lowest BCUT2D eigenvalue weighted by atomic mass is 9.90. The fraction of sp³-hybridized carbons (Fsp3) is 0.562. The van der Waals surface area contributed by atoms with Gasteiger partial charge in [0.05, 0.1) is 5.54 Å². The van der Waals surface area contributed by atoms with Gasteiger partial charge in [-0.2, -0.15) is 0 Å². The molecule has 0 bridgehead atoms. The number of amides is 1. The highest BCUT2D eigenvalue weighted by molar-refractivity contribution is 6.30. The molecule has 0 radical (unpaired) electrons. The van der Waals surface area contributed by atoms with Crippen molar-refractivity contribution in [1.29, 1.82) is 0 Å². The molecule has 110 valence electrons. The summed E-state index contributed by atoms with van der Waals surface area (Å²) >= 11 is 5.89. The molecule has 2 rings (SSSR count). The van der Waals surface area contributed by atoms with Gasteiger partial charge < -0.3 is 10.2 Å². The summed E-state index contributed by atoms with van der Waals surface area (Å²) in [5.41, 5.74) is 0.769. The summed E-state index contributed by atoms with van der Waals surface area (Å²) in [6.45, 7) is 3.71. The highest BCUT2D eigenvalue weighted by Crippen LogP contribution is 2.27. The van der Waals surface area contributed by atoms with Crippen molar-refractivity contribution < 1.29 is 4.79 Å². The molecule has 1 heterocycles. The molecule has 1 aliphatic rings. The van der Waals surface area contributed by atoms with E-state index in [1.54, 1.807) is 0 Å². The number of benzene rings is 1. The maximum atomic E-state index is 12.8. The second kappa shape index (κ2) is 6.59. The maximum absolute atomic E-state index is 12.8. The van der Waals surface area contributed by atoms with Crippen LogP contribution in [0.3, 0.4) is 0 Å². The summed E-state index contributed by atoms with van der Waals surface area (Å²) in [4.78, 5) is 14.6. The van der Waals surface area contributed by atoms with E-state index in [0.29, 0.717) is 6.54 Å². The van der Waals surface area contributed by atoms with Crippen LogP contribution in [-0.4, -0.2) is 29.9 Å². The van der Waals surface area contributed by atoms with Crippen LogP contribution < -0.4 is 5.32 Å². The van der Waals surface area contributed by atoms with Crippen LogP contribution in [0.25, 0.3) is 0 Å². The van der Waals surface area contributed by atoms with Gasteiger partial charge in [0.25, 0.3) is 0 Å². The SMILES string of the molecule is CCCC1(C(=O)N(C)Cc2ccc(Cl)cc2)CCCN1. The first-order valence-electron chi connectivity index (χ1n) is 7.32. The first-order chi connectivity index (χ1) is 9.57. The summed E-state index contributed by atoms with van der Waals surface area (Å²) in [5, 5.41) is 4.16. The summed E-state index contributed by atoms with van der Waals surface area (Å²) in [5.74, 6) is 0.215. The topological polar surface area (TPSA) is 32.3 Å². The van der Waals surface area contributed by atoms with E-state index in [2.05, 4.69) is 12.2 Å². The van der Waals surface area contributed by atoms with E-state index < -0.39 is 0 Å². The van der Waals surface area contributed by atoms with Crippen molar-refractivity contribution in [3.63, 3.8) is 0 Å². The fourth-order valence-corrected chi connectivity index (χ4v) is 3.16. The van der Waals surface area contributed by atoms with Gasteiger partial charge in [-0.25, -0.2) is 0 Å². The van der Waals surface area contributed by atoms with Crippen LogP contribution in [-0.2, 0) is 11.3 Å². The Hall–Kier alpha value is -1.06. The zero-order valence-electron chi connectivity index (χ0n) is 12.3. The molecule has 1 atom stereocenters. The molecule has 0 saturated carbocycles. The molecular formula is C16H23ClN2O. The van der Waals surface area contributed by atoms with Gasteiger partial charge >= 0.3 is 0 Å². The van der Waals surface area contributed by atoms with E-state index in [-0.39, 0.29) is 11.4 Å². The van der Waals surface area contributed by atoms with Gasteiger partial charge in [0, 0.05) is 18.6 Å². The number of nitrogens with one attached hydrogen (secondary N) is 1. The Kier molecular flexibility index (Phi) is 5.06. The number of carbonyl (C=O) groups excluding carboxylic acids is 1. The smallest absolute Gasteiger partial charge is 0.242 e. The molecule has 0 aromatic heterocycles. The van der Waals surface area contributed by atoms with Crippen molar-refractivity contribution in [3.05, 3.63) is 34.9 Å². The van der Waals surface area contributed by atoms with E-state index in [4.69, 9.17) is 11.6 Å². The molecule has 1 fully saturated rings. The molecule has 3 nitrogen and oxygen atoms in total. The van der Waals surface area contributed by atoms with Gasteiger partial charge in [0.15, 0.2) is 0 Å². The largest absolute Gasteiger partial charge is 0.340 e. The highest BCUT2D eigenvalue weighted by atomic mass is 35.5. The van der Waals surface area contributed by atoms with Crippen LogP contribution in [0.1, 0.15) is 38.2 Å². The molecule has 4 heteroatoms. The third-order valence-corrected chi connectivity index (χ3v) is 4.26. The third kappa shape index (κ3) is 3.33. The van der Waals surface area contributed by atoms with E-state index in [1.807, 2.05) is 36.2 Å². The van der Waals surface area contributed by atoms with Crippen molar-refractivity contribution in [2.24, 2.45) is 0 Å². The van der Waals surface area contributed by atoms with Gasteiger partial charge in [-0.3, -0.25) is 4.79 Å². The Morgan fingerprint density at radius 3 is 2.65 bits per heavy atom. The van der Waals surface area contributed by atoms with Gasteiger partial charge in [-0.1, -0.05) is 37.1 Å². The van der Waals surface area contributed by atoms with Crippen molar-refractivity contribution in [3.8, 4) is 0 Å². The van der Waals surface area contributed by atoms with E-state index in [9.17, 15) is 4.79 Å². The van der Waals surface area contributed by atoms with Crippen LogP contribution in [0.5, 0.6) is 0 Å². The number of carbonyl (C=O) groups is 1. The molecule has 1 unspecified atom stereocenters. The van der Waals surface area contributed by atoms with Crippen LogP contribution in [0.4, 0.5) is 0 Å². The number of hydrogen-bond acceptors (Lipinski definition) is 2. The van der Waals surface area contributed by atoms with Crippen molar-refractivity contribution in [2.45, 2.75) is 44.7 Å². The first kappa shape index (κ1) is 15.3. The Labute approximate surface area is 126 Å². The van der Waals surface area contributed by atoms with Crippen molar-refractivity contribution in [2.75, 3.05) is 13.6 Å². The minimum Gasteiger partial charge on any atom is -0.340 e. The number of nitrogens with zero attached hydrogens (tertiary/aromatic N) is 1. The molecule has 1 aromatic carbocycles. The summed E-state index contributed by atoms with van der Waals surface area (Å²) < 4.78 is 0. The molecule has 0 aliphatic carbocycles. The molecule has 20 heavy (non-hydrogen) atoms. The standard InChI is InChI=1S/C16H23ClN2O/c1-3-9-16(10-4-11-18-16)15(20)19(2)12-13-5-7-14(17)8-6-13/h5-8,18H,3-4,9-12H2,1-2H3. The van der Waals surface area contributed by atoms with E-state index in [1.165, 1.54) is 0 Å². The lowest BCUT2D eigenvalue weighted by Crippen LogP contribution is -2.53. The average molecular weight is 295 g/mol. The predicted octanol–water partition coefficient (Wildman–Crippen LogP) is 3.22. The monoisotopic (exact) mass is 294 g/mol. The summed E-state index contributed by atoms with van der Waals surface area (Å²) in [7, 11) is 1.88. The van der Waals surface area contributed by atoms with Gasteiger partial charge in [-0.05, 0) is 43.5 Å². The first-order valence-corrected chi connectivity index (χ1v) is 7.70. The Morgan fingerprint density at radius 2 is 2.10 bits per heavy atom. The third-order valence-electron chi connectivity index (χ3n) is 4.01. The number of likely N-dealkylation sites (N-methyl/N-ethyl adjacent to an activating group) is 1. The van der Waals surface area contributed by atoms with Gasteiger partial charge in [0.2, 0.25) is 5.91 Å². The quantitative estimate of drug-likeness (QED) is 0.904. The fourth-order valence-electron chi connectivity index (χ4n) is 3.04. The van der Waals surface area contributed by atoms with Crippen LogP contribution in [0, 0.1) is 0 Å². The van der Waals surface area contributed by atoms with Gasteiger partial charge in [0.1, 0.15) is 0 Å². The molecule has 1 aromatic rings. The van der Waals surface area contributed by atoms with Crippen LogP contribution in [0.15, 0.2) is 24.3 Å².